The SMILES string of the molecule is COc1cc(OC)cc(C(=O)NNS(=O)(=O)c2c(F)cccc2F)c1. The molecule has 0 aromatic heterocycles. The third-order valence-corrected chi connectivity index (χ3v) is 4.40. The van der Waals surface area contributed by atoms with Crippen molar-refractivity contribution in [1.29, 1.82) is 0 Å². The summed E-state index contributed by atoms with van der Waals surface area (Å²) in [7, 11) is -1.90. The maximum Gasteiger partial charge on any atom is 0.266 e. The Morgan fingerprint density at radius 3 is 2.00 bits per heavy atom. The Labute approximate surface area is 142 Å². The lowest BCUT2D eigenvalue weighted by Gasteiger charge is -2.11. The molecular formula is C15H14F2N2O5S. The summed E-state index contributed by atoms with van der Waals surface area (Å²) in [5.74, 6) is -2.85. The number of nitrogens with one attached hydrogen (secondary N) is 2. The quantitative estimate of drug-likeness (QED) is 0.752. The summed E-state index contributed by atoms with van der Waals surface area (Å²) < 4.78 is 61.2. The molecule has 0 fully saturated rings. The van der Waals surface area contributed by atoms with Gasteiger partial charge in [0.2, 0.25) is 0 Å². The normalized spacial score (nSPS) is 11.0. The fourth-order valence-electron chi connectivity index (χ4n) is 1.91. The fourth-order valence-corrected chi connectivity index (χ4v) is 2.89. The van der Waals surface area contributed by atoms with Gasteiger partial charge in [0.15, 0.2) is 4.90 Å². The summed E-state index contributed by atoms with van der Waals surface area (Å²) in [6, 6.07) is 6.75. The zero-order valence-electron chi connectivity index (χ0n) is 13.2. The van der Waals surface area contributed by atoms with E-state index < -0.39 is 32.5 Å². The molecule has 2 rings (SSSR count). The standard InChI is InChI=1S/C15H14F2N2O5S/c1-23-10-6-9(7-11(8-10)24-2)15(20)18-19-25(21,22)14-12(16)4-3-5-13(14)17/h3-8,19H,1-2H3,(H,18,20). The average molecular weight is 372 g/mol. The van der Waals surface area contributed by atoms with Crippen LogP contribution in [0.15, 0.2) is 41.3 Å². The van der Waals surface area contributed by atoms with E-state index in [4.69, 9.17) is 9.47 Å². The summed E-state index contributed by atoms with van der Waals surface area (Å²) in [4.78, 5) is 12.5. The number of sulfonamides is 1. The van der Waals surface area contributed by atoms with E-state index in [0.29, 0.717) is 11.5 Å². The summed E-state index contributed by atoms with van der Waals surface area (Å²) in [6.45, 7) is 0. The van der Waals surface area contributed by atoms with Crippen LogP contribution in [0.1, 0.15) is 10.4 Å². The first-order valence-electron chi connectivity index (χ1n) is 6.77. The number of carbonyl (C=O) groups is 1. The second-order valence-corrected chi connectivity index (χ2v) is 6.33. The van der Waals surface area contributed by atoms with Crippen molar-refractivity contribution in [2.24, 2.45) is 0 Å². The van der Waals surface area contributed by atoms with Gasteiger partial charge >= 0.3 is 0 Å². The number of benzene rings is 2. The van der Waals surface area contributed by atoms with Gasteiger partial charge in [-0.1, -0.05) is 6.07 Å². The average Bonchev–Trinajstić information content (AvgIpc) is 2.58. The smallest absolute Gasteiger partial charge is 0.266 e. The van der Waals surface area contributed by atoms with Crippen LogP contribution in [0, 0.1) is 11.6 Å². The number of carbonyl (C=O) groups excluding carboxylic acids is 1. The first-order chi connectivity index (χ1) is 11.8. The molecular weight excluding hydrogens is 358 g/mol. The van der Waals surface area contributed by atoms with Crippen molar-refractivity contribution in [3.05, 3.63) is 53.6 Å². The Morgan fingerprint density at radius 1 is 1.00 bits per heavy atom. The van der Waals surface area contributed by atoms with Crippen molar-refractivity contribution in [1.82, 2.24) is 10.3 Å². The third kappa shape index (κ3) is 4.22. The van der Waals surface area contributed by atoms with Crippen molar-refractivity contribution >= 4 is 15.9 Å². The molecule has 0 radical (unpaired) electrons. The van der Waals surface area contributed by atoms with E-state index in [0.717, 1.165) is 18.2 Å². The molecule has 2 aromatic carbocycles. The number of rotatable bonds is 6. The van der Waals surface area contributed by atoms with Crippen LogP contribution in [0.2, 0.25) is 0 Å². The van der Waals surface area contributed by atoms with E-state index in [9.17, 15) is 22.0 Å². The van der Waals surface area contributed by atoms with Crippen molar-refractivity contribution in [2.45, 2.75) is 4.90 Å². The topological polar surface area (TPSA) is 93.7 Å². The van der Waals surface area contributed by atoms with Crippen molar-refractivity contribution in [3.63, 3.8) is 0 Å². The molecule has 0 heterocycles. The lowest BCUT2D eigenvalue weighted by molar-refractivity contribution is 0.0944. The number of hydrogen-bond donors (Lipinski definition) is 2. The molecule has 0 spiro atoms. The number of halogens is 2. The Bertz CT molecular complexity index is 860. The van der Waals surface area contributed by atoms with E-state index in [1.165, 1.54) is 32.4 Å². The maximum absolute atomic E-state index is 13.6. The molecule has 0 unspecified atom stereocenters. The van der Waals surface area contributed by atoms with E-state index in [1.807, 2.05) is 5.43 Å². The Balaban J connectivity index is 2.22. The highest BCUT2D eigenvalue weighted by Crippen LogP contribution is 2.22. The van der Waals surface area contributed by atoms with E-state index in [1.54, 1.807) is 4.83 Å². The monoisotopic (exact) mass is 372 g/mol. The number of methoxy groups -OCH3 is 2. The number of amides is 1. The summed E-state index contributed by atoms with van der Waals surface area (Å²) in [6.07, 6.45) is 0. The van der Waals surface area contributed by atoms with Gasteiger partial charge in [-0.25, -0.2) is 17.2 Å². The minimum atomic E-state index is -4.65. The molecule has 0 atom stereocenters. The Hall–Kier alpha value is -2.72. The summed E-state index contributed by atoms with van der Waals surface area (Å²) in [5, 5.41) is 0. The molecule has 25 heavy (non-hydrogen) atoms. The van der Waals surface area contributed by atoms with Gasteiger partial charge < -0.3 is 9.47 Å². The molecule has 7 nitrogen and oxygen atoms in total. The van der Waals surface area contributed by atoms with Gasteiger partial charge in [0.05, 0.1) is 14.2 Å². The van der Waals surface area contributed by atoms with Crippen LogP contribution >= 0.6 is 0 Å². The largest absolute Gasteiger partial charge is 0.497 e. The highest BCUT2D eigenvalue weighted by Gasteiger charge is 2.24. The van der Waals surface area contributed by atoms with Crippen LogP contribution in [0.3, 0.4) is 0 Å². The third-order valence-electron chi connectivity index (χ3n) is 3.10. The number of hydrazine groups is 1. The van der Waals surface area contributed by atoms with Gasteiger partial charge in [0.25, 0.3) is 15.9 Å². The van der Waals surface area contributed by atoms with Crippen LogP contribution in [0.25, 0.3) is 0 Å². The van der Waals surface area contributed by atoms with E-state index in [2.05, 4.69) is 0 Å². The van der Waals surface area contributed by atoms with Crippen LogP contribution in [0.5, 0.6) is 11.5 Å². The molecule has 2 N–H and O–H groups in total. The molecule has 10 heteroatoms. The predicted octanol–water partition coefficient (Wildman–Crippen LogP) is 1.61. The maximum atomic E-state index is 13.6. The highest BCUT2D eigenvalue weighted by molar-refractivity contribution is 7.89. The predicted molar refractivity (Wildman–Crippen MR) is 83.7 cm³/mol. The van der Waals surface area contributed by atoms with Gasteiger partial charge in [-0.15, -0.1) is 4.83 Å². The minimum Gasteiger partial charge on any atom is -0.497 e. The van der Waals surface area contributed by atoms with Crippen LogP contribution in [0.4, 0.5) is 8.78 Å². The zero-order chi connectivity index (χ0) is 18.6. The number of hydrogen-bond acceptors (Lipinski definition) is 5. The number of ether oxygens (including phenoxy) is 2. The van der Waals surface area contributed by atoms with Gasteiger partial charge in [0.1, 0.15) is 23.1 Å². The van der Waals surface area contributed by atoms with E-state index in [-0.39, 0.29) is 5.56 Å². The second kappa shape index (κ2) is 7.45. The molecule has 134 valence electrons. The summed E-state index contributed by atoms with van der Waals surface area (Å²) >= 11 is 0. The highest BCUT2D eigenvalue weighted by atomic mass is 32.2. The van der Waals surface area contributed by atoms with Crippen LogP contribution < -0.4 is 19.7 Å². The van der Waals surface area contributed by atoms with Gasteiger partial charge in [-0.05, 0) is 24.3 Å². The molecule has 0 aliphatic heterocycles. The van der Waals surface area contributed by atoms with E-state index >= 15 is 0 Å². The lowest BCUT2D eigenvalue weighted by Crippen LogP contribution is -2.42. The molecule has 0 saturated carbocycles. The molecule has 2 aromatic rings. The lowest BCUT2D eigenvalue weighted by atomic mass is 10.2. The van der Waals surface area contributed by atoms with Gasteiger partial charge in [0, 0.05) is 11.6 Å². The van der Waals surface area contributed by atoms with Gasteiger partial charge in [-0.3, -0.25) is 10.2 Å². The zero-order valence-corrected chi connectivity index (χ0v) is 14.0. The first kappa shape index (κ1) is 18.6. The van der Waals surface area contributed by atoms with Crippen molar-refractivity contribution < 1.29 is 31.5 Å². The molecule has 0 aliphatic rings. The van der Waals surface area contributed by atoms with Crippen LogP contribution in [-0.4, -0.2) is 28.5 Å². The van der Waals surface area contributed by atoms with Crippen molar-refractivity contribution in [2.75, 3.05) is 14.2 Å². The first-order valence-corrected chi connectivity index (χ1v) is 8.26. The molecule has 0 bridgehead atoms. The molecule has 0 aliphatic carbocycles. The minimum absolute atomic E-state index is 0.00732. The Kier molecular flexibility index (Phi) is 5.55. The van der Waals surface area contributed by atoms with Gasteiger partial charge in [-0.2, -0.15) is 0 Å². The Morgan fingerprint density at radius 2 is 1.52 bits per heavy atom. The summed E-state index contributed by atoms with van der Waals surface area (Å²) in [5.41, 5.74) is 1.88. The van der Waals surface area contributed by atoms with Crippen LogP contribution in [-0.2, 0) is 10.0 Å². The molecule has 1 amide bonds. The van der Waals surface area contributed by atoms with Crippen molar-refractivity contribution in [3.8, 4) is 11.5 Å². The molecule has 0 saturated heterocycles. The second-order valence-electron chi connectivity index (χ2n) is 4.71. The fraction of sp³-hybridized carbons (Fsp3) is 0.133.